The topological polar surface area (TPSA) is 72.2 Å². The molecule has 0 aliphatic heterocycles. The first-order valence-corrected chi connectivity index (χ1v) is 8.46. The van der Waals surface area contributed by atoms with Gasteiger partial charge in [0.15, 0.2) is 5.82 Å². The van der Waals surface area contributed by atoms with Gasteiger partial charge in [0.1, 0.15) is 4.90 Å². The minimum Gasteiger partial charge on any atom is -0.399 e. The molecule has 0 heterocycles. The second kappa shape index (κ2) is 6.00. The molecule has 3 N–H and O–H groups in total. The zero-order valence-corrected chi connectivity index (χ0v) is 14.1. The van der Waals surface area contributed by atoms with E-state index in [0.29, 0.717) is 4.47 Å². The van der Waals surface area contributed by atoms with Crippen molar-refractivity contribution in [3.05, 3.63) is 50.7 Å². The van der Waals surface area contributed by atoms with Gasteiger partial charge in [-0.1, -0.05) is 39.1 Å². The van der Waals surface area contributed by atoms with E-state index in [-0.39, 0.29) is 21.4 Å². The highest BCUT2D eigenvalue weighted by atomic mass is 79.9. The van der Waals surface area contributed by atoms with E-state index in [1.54, 1.807) is 6.07 Å². The molecule has 0 aliphatic carbocycles. The Morgan fingerprint density at radius 3 is 2.48 bits per heavy atom. The SMILES string of the molecule is Nc1cc(Cl)c(F)c(S(=O)(=O)Nc2cc(Br)ccc2Cl)c1. The van der Waals surface area contributed by atoms with Crippen LogP contribution in [0, 0.1) is 5.82 Å². The van der Waals surface area contributed by atoms with Crippen molar-refractivity contribution in [1.29, 1.82) is 0 Å². The van der Waals surface area contributed by atoms with E-state index in [2.05, 4.69) is 20.7 Å². The van der Waals surface area contributed by atoms with Gasteiger partial charge in [-0.3, -0.25) is 4.72 Å². The summed E-state index contributed by atoms with van der Waals surface area (Å²) in [4.78, 5) is -0.649. The van der Waals surface area contributed by atoms with Gasteiger partial charge in [-0.05, 0) is 30.3 Å². The van der Waals surface area contributed by atoms with Crippen molar-refractivity contribution in [2.75, 3.05) is 10.5 Å². The Morgan fingerprint density at radius 1 is 1.14 bits per heavy atom. The van der Waals surface area contributed by atoms with Crippen molar-refractivity contribution in [2.24, 2.45) is 0 Å². The van der Waals surface area contributed by atoms with Crippen LogP contribution in [0.3, 0.4) is 0 Å². The summed E-state index contributed by atoms with van der Waals surface area (Å²) in [6.45, 7) is 0. The molecule has 112 valence electrons. The average Bonchev–Trinajstić information content (AvgIpc) is 2.37. The minimum atomic E-state index is -4.22. The lowest BCUT2D eigenvalue weighted by Crippen LogP contribution is -2.15. The second-order valence-electron chi connectivity index (χ2n) is 4.04. The van der Waals surface area contributed by atoms with Gasteiger partial charge in [0.05, 0.1) is 15.7 Å². The lowest BCUT2D eigenvalue weighted by molar-refractivity contribution is 0.571. The second-order valence-corrected chi connectivity index (χ2v) is 7.43. The third kappa shape index (κ3) is 3.60. The molecule has 21 heavy (non-hydrogen) atoms. The van der Waals surface area contributed by atoms with E-state index in [1.807, 2.05) is 0 Å². The van der Waals surface area contributed by atoms with Gasteiger partial charge in [0, 0.05) is 10.2 Å². The van der Waals surface area contributed by atoms with Gasteiger partial charge in [-0.15, -0.1) is 0 Å². The molecule has 0 fully saturated rings. The normalized spacial score (nSPS) is 11.4. The van der Waals surface area contributed by atoms with Crippen LogP contribution in [0.15, 0.2) is 39.7 Å². The summed E-state index contributed by atoms with van der Waals surface area (Å²) < 4.78 is 41.2. The van der Waals surface area contributed by atoms with Crippen LogP contribution in [0.25, 0.3) is 0 Å². The predicted molar refractivity (Wildman–Crippen MR) is 85.8 cm³/mol. The van der Waals surface area contributed by atoms with Crippen LogP contribution in [0.4, 0.5) is 15.8 Å². The van der Waals surface area contributed by atoms with Crippen LogP contribution in [0.5, 0.6) is 0 Å². The highest BCUT2D eigenvalue weighted by molar-refractivity contribution is 9.10. The molecule has 2 aromatic carbocycles. The summed E-state index contributed by atoms with van der Waals surface area (Å²) in [7, 11) is -4.22. The van der Waals surface area contributed by atoms with Crippen LogP contribution in [-0.2, 0) is 10.0 Å². The number of hydrogen-bond donors (Lipinski definition) is 2. The van der Waals surface area contributed by atoms with Crippen LogP contribution >= 0.6 is 39.1 Å². The Balaban J connectivity index is 2.51. The Kier molecular flexibility index (Phi) is 4.67. The fourth-order valence-electron chi connectivity index (χ4n) is 1.55. The molecular formula is C12H8BrCl2FN2O2S. The molecule has 0 saturated carbocycles. The third-order valence-electron chi connectivity index (χ3n) is 2.48. The quantitative estimate of drug-likeness (QED) is 0.737. The highest BCUT2D eigenvalue weighted by Gasteiger charge is 2.23. The Labute approximate surface area is 139 Å². The zero-order valence-electron chi connectivity index (χ0n) is 10.2. The summed E-state index contributed by atoms with van der Waals surface area (Å²) in [5, 5.41) is -0.215. The summed E-state index contributed by atoms with van der Waals surface area (Å²) in [6.07, 6.45) is 0. The van der Waals surface area contributed by atoms with Gasteiger partial charge >= 0.3 is 0 Å². The standard InChI is InChI=1S/C12H8BrCl2FN2O2S/c13-6-1-2-8(14)10(3-6)18-21(19,20)11-5-7(17)4-9(15)12(11)16/h1-5,18H,17H2. The number of halogens is 4. The first-order valence-electron chi connectivity index (χ1n) is 5.43. The number of sulfonamides is 1. The predicted octanol–water partition coefficient (Wildman–Crippen LogP) is 4.28. The number of benzene rings is 2. The number of anilines is 2. The Hall–Kier alpha value is -1.02. The number of hydrogen-bond acceptors (Lipinski definition) is 3. The molecule has 0 saturated heterocycles. The molecule has 0 aliphatic rings. The zero-order chi connectivity index (χ0) is 15.8. The summed E-state index contributed by atoms with van der Waals surface area (Å²) in [5.74, 6) is -1.08. The van der Waals surface area contributed by atoms with Crippen molar-refractivity contribution < 1.29 is 12.8 Å². The fraction of sp³-hybridized carbons (Fsp3) is 0. The Bertz CT molecular complexity index is 815. The molecule has 2 rings (SSSR count). The molecule has 0 aromatic heterocycles. The summed E-state index contributed by atoms with van der Waals surface area (Å²) >= 11 is 14.7. The number of nitrogens with two attached hydrogens (primary N) is 1. The Morgan fingerprint density at radius 2 is 1.81 bits per heavy atom. The van der Waals surface area contributed by atoms with Crippen LogP contribution < -0.4 is 10.5 Å². The molecule has 0 radical (unpaired) electrons. The minimum absolute atomic E-state index is 0.0297. The molecule has 0 amide bonds. The van der Waals surface area contributed by atoms with E-state index in [4.69, 9.17) is 28.9 Å². The lowest BCUT2D eigenvalue weighted by Gasteiger charge is -2.12. The van der Waals surface area contributed by atoms with E-state index in [9.17, 15) is 12.8 Å². The number of nitrogens with one attached hydrogen (secondary N) is 1. The van der Waals surface area contributed by atoms with Crippen molar-refractivity contribution >= 4 is 60.5 Å². The monoisotopic (exact) mass is 412 g/mol. The first kappa shape index (κ1) is 16.4. The van der Waals surface area contributed by atoms with Crippen LogP contribution in [0.1, 0.15) is 0 Å². The van der Waals surface area contributed by atoms with E-state index >= 15 is 0 Å². The largest absolute Gasteiger partial charge is 0.399 e. The average molecular weight is 414 g/mol. The summed E-state index contributed by atoms with van der Waals surface area (Å²) in [6, 6.07) is 6.69. The van der Waals surface area contributed by atoms with Crippen molar-refractivity contribution in [3.8, 4) is 0 Å². The molecule has 9 heteroatoms. The molecule has 2 aromatic rings. The van der Waals surface area contributed by atoms with Crippen molar-refractivity contribution in [3.63, 3.8) is 0 Å². The van der Waals surface area contributed by atoms with E-state index in [1.165, 1.54) is 12.1 Å². The lowest BCUT2D eigenvalue weighted by atomic mass is 10.3. The number of rotatable bonds is 3. The smallest absolute Gasteiger partial charge is 0.264 e. The van der Waals surface area contributed by atoms with Crippen LogP contribution in [0.2, 0.25) is 10.0 Å². The maximum absolute atomic E-state index is 13.9. The van der Waals surface area contributed by atoms with E-state index in [0.717, 1.165) is 12.1 Å². The highest BCUT2D eigenvalue weighted by Crippen LogP contribution is 2.30. The van der Waals surface area contributed by atoms with Gasteiger partial charge in [0.25, 0.3) is 10.0 Å². The maximum atomic E-state index is 13.9. The third-order valence-corrected chi connectivity index (χ3v) is 4.94. The maximum Gasteiger partial charge on any atom is 0.264 e. The van der Waals surface area contributed by atoms with Crippen molar-refractivity contribution in [1.82, 2.24) is 0 Å². The molecular weight excluding hydrogens is 406 g/mol. The van der Waals surface area contributed by atoms with E-state index < -0.39 is 20.7 Å². The molecule has 0 bridgehead atoms. The molecule has 0 spiro atoms. The number of nitrogen functional groups attached to an aromatic ring is 1. The van der Waals surface area contributed by atoms with Crippen molar-refractivity contribution in [2.45, 2.75) is 4.90 Å². The van der Waals surface area contributed by atoms with Gasteiger partial charge < -0.3 is 5.73 Å². The summed E-state index contributed by atoms with van der Waals surface area (Å²) in [5.41, 5.74) is 5.63. The molecule has 4 nitrogen and oxygen atoms in total. The van der Waals surface area contributed by atoms with Crippen LogP contribution in [-0.4, -0.2) is 8.42 Å². The molecule has 0 unspecified atom stereocenters. The first-order chi connectivity index (χ1) is 9.70. The molecule has 0 atom stereocenters. The fourth-order valence-corrected chi connectivity index (χ4v) is 3.63. The van der Waals surface area contributed by atoms with Gasteiger partial charge in [-0.25, -0.2) is 12.8 Å². The van der Waals surface area contributed by atoms with Gasteiger partial charge in [0.2, 0.25) is 0 Å². The van der Waals surface area contributed by atoms with Gasteiger partial charge in [-0.2, -0.15) is 0 Å².